The number of aliphatic carboxylic acids is 1. The number of carbonyl (C=O) groups excluding carboxylic acids is 1. The number of hydrogen-bond acceptors (Lipinski definition) is 5. The first-order valence-corrected chi connectivity index (χ1v) is 13.5. The van der Waals surface area contributed by atoms with Crippen LogP contribution < -0.4 is 4.74 Å². The van der Waals surface area contributed by atoms with Gasteiger partial charge in [-0.05, 0) is 74.5 Å². The van der Waals surface area contributed by atoms with Crippen molar-refractivity contribution >= 4 is 11.8 Å². The van der Waals surface area contributed by atoms with Crippen LogP contribution >= 0.6 is 0 Å². The largest absolute Gasteiger partial charge is 0.504 e. The highest BCUT2D eigenvalue weighted by Crippen LogP contribution is 2.62. The molecule has 1 unspecified atom stereocenters. The van der Waals surface area contributed by atoms with E-state index in [9.17, 15) is 19.1 Å². The van der Waals surface area contributed by atoms with Crippen LogP contribution in [-0.2, 0) is 21.4 Å². The highest BCUT2D eigenvalue weighted by molar-refractivity contribution is 5.89. The third kappa shape index (κ3) is 3.94. The molecule has 0 radical (unpaired) electrons. The standard InChI is InChI=1S/C17H19NO3.C15H13FO2/c1-18-7-6-17-10-3-5-13(20)16(17)21-15-12(19)4-2-9(14(15)17)8-11(10)18;1-10(15(17)18)12-7-8-13(14(16)9-12)11-5-3-2-4-6-11/h2,4,10-11,16,19H,3,5-8H2,1H3;2-10H,1H3,(H,17,18)/t10-,11+,16-,17-;/m0./s1. The van der Waals surface area contributed by atoms with E-state index < -0.39 is 17.7 Å². The number of piperidine rings is 1. The summed E-state index contributed by atoms with van der Waals surface area (Å²) in [7, 11) is 2.20. The van der Waals surface area contributed by atoms with Crippen LogP contribution in [0.1, 0.15) is 48.8 Å². The molecule has 202 valence electrons. The Kier molecular flexibility index (Phi) is 6.22. The molecule has 1 saturated heterocycles. The number of halogens is 1. The summed E-state index contributed by atoms with van der Waals surface area (Å²) in [6, 6.07) is 18.0. The van der Waals surface area contributed by atoms with Crippen molar-refractivity contribution in [2.75, 3.05) is 13.6 Å². The van der Waals surface area contributed by atoms with Gasteiger partial charge in [-0.3, -0.25) is 9.59 Å². The molecule has 5 atom stereocenters. The lowest BCUT2D eigenvalue weighted by Gasteiger charge is -2.57. The number of ether oxygens (including phenoxy) is 1. The summed E-state index contributed by atoms with van der Waals surface area (Å²) in [6.45, 7) is 2.54. The molecule has 6 nitrogen and oxygen atoms in total. The van der Waals surface area contributed by atoms with Gasteiger partial charge in [-0.1, -0.05) is 48.5 Å². The molecule has 1 saturated carbocycles. The molecule has 2 aliphatic heterocycles. The first-order valence-electron chi connectivity index (χ1n) is 13.5. The number of phenolic OH excluding ortho intramolecular Hbond substituents is 1. The minimum Gasteiger partial charge on any atom is -0.504 e. The summed E-state index contributed by atoms with van der Waals surface area (Å²) in [6.07, 6.45) is 3.18. The van der Waals surface area contributed by atoms with Crippen molar-refractivity contribution in [2.24, 2.45) is 5.92 Å². The van der Waals surface area contributed by atoms with Gasteiger partial charge in [0.15, 0.2) is 23.4 Å². The smallest absolute Gasteiger partial charge is 0.310 e. The molecule has 3 aromatic rings. The summed E-state index contributed by atoms with van der Waals surface area (Å²) in [5.74, 6) is -0.562. The fraction of sp³-hybridized carbons (Fsp3) is 0.375. The Labute approximate surface area is 227 Å². The fourth-order valence-corrected chi connectivity index (χ4v) is 7.32. The molecule has 2 fully saturated rings. The molecule has 0 amide bonds. The number of nitrogens with zero attached hydrogens (tertiary/aromatic N) is 1. The molecule has 7 heteroatoms. The van der Waals surface area contributed by atoms with E-state index in [0.29, 0.717) is 35.3 Å². The van der Waals surface area contributed by atoms with Gasteiger partial charge in [-0.2, -0.15) is 0 Å². The second kappa shape index (κ2) is 9.49. The summed E-state index contributed by atoms with van der Waals surface area (Å²) in [5.41, 5.74) is 4.00. The van der Waals surface area contributed by atoms with E-state index in [-0.39, 0.29) is 23.1 Å². The molecule has 2 aliphatic carbocycles. The van der Waals surface area contributed by atoms with Crippen LogP contribution in [0.2, 0.25) is 0 Å². The van der Waals surface area contributed by atoms with Gasteiger partial charge in [0, 0.05) is 29.0 Å². The quantitative estimate of drug-likeness (QED) is 0.478. The van der Waals surface area contributed by atoms with Crippen molar-refractivity contribution in [3.63, 3.8) is 0 Å². The molecule has 7 rings (SSSR count). The SMILES string of the molecule is CC(C(=O)O)c1ccc(-c2ccccc2)c(F)c1.CN1CC[C@]23c4c5ccc(O)c4O[C@H]2C(=O)CC[C@H]3[C@H]1C5. The van der Waals surface area contributed by atoms with Gasteiger partial charge in [0.2, 0.25) is 0 Å². The first-order chi connectivity index (χ1) is 18.7. The Morgan fingerprint density at radius 1 is 1.15 bits per heavy atom. The molecule has 1 spiro atoms. The number of benzene rings is 3. The minimum atomic E-state index is -0.957. The molecule has 2 heterocycles. The summed E-state index contributed by atoms with van der Waals surface area (Å²) < 4.78 is 20.0. The zero-order chi connectivity index (χ0) is 27.5. The summed E-state index contributed by atoms with van der Waals surface area (Å²) in [5, 5.41) is 19.1. The Morgan fingerprint density at radius 3 is 2.64 bits per heavy atom. The third-order valence-electron chi connectivity index (χ3n) is 9.33. The molecule has 2 bridgehead atoms. The van der Waals surface area contributed by atoms with Crippen molar-refractivity contribution in [1.29, 1.82) is 0 Å². The van der Waals surface area contributed by atoms with Gasteiger partial charge >= 0.3 is 5.97 Å². The first kappa shape index (κ1) is 25.6. The minimum absolute atomic E-state index is 0.172. The number of phenols is 1. The molecule has 2 N–H and O–H groups in total. The molecular formula is C32H32FNO5. The summed E-state index contributed by atoms with van der Waals surface area (Å²) >= 11 is 0. The van der Waals surface area contributed by atoms with Gasteiger partial charge in [0.25, 0.3) is 0 Å². The number of carbonyl (C=O) groups is 2. The summed E-state index contributed by atoms with van der Waals surface area (Å²) in [4.78, 5) is 25.8. The lowest BCUT2D eigenvalue weighted by Crippen LogP contribution is -2.65. The van der Waals surface area contributed by atoms with Gasteiger partial charge in [0.1, 0.15) is 5.82 Å². The number of Topliss-reactive ketones (excluding diaryl/α,β-unsaturated/α-hetero) is 1. The number of aromatic hydroxyl groups is 1. The Bertz CT molecular complexity index is 1460. The van der Waals surface area contributed by atoms with Crippen molar-refractivity contribution in [2.45, 2.75) is 56.1 Å². The zero-order valence-corrected chi connectivity index (χ0v) is 22.1. The van der Waals surface area contributed by atoms with Gasteiger partial charge in [-0.15, -0.1) is 0 Å². The van der Waals surface area contributed by atoms with E-state index in [2.05, 4.69) is 11.9 Å². The van der Waals surface area contributed by atoms with E-state index in [1.54, 1.807) is 25.1 Å². The number of carboxylic acid groups (broad SMARTS) is 1. The topological polar surface area (TPSA) is 87.1 Å². The van der Waals surface area contributed by atoms with Gasteiger partial charge in [-0.25, -0.2) is 4.39 Å². The monoisotopic (exact) mass is 529 g/mol. The highest BCUT2D eigenvalue weighted by atomic mass is 19.1. The van der Waals surface area contributed by atoms with Crippen molar-refractivity contribution in [3.05, 3.63) is 83.2 Å². The van der Waals surface area contributed by atoms with E-state index in [4.69, 9.17) is 9.84 Å². The van der Waals surface area contributed by atoms with Crippen LogP contribution in [0.3, 0.4) is 0 Å². The number of hydrogen-bond donors (Lipinski definition) is 2. The zero-order valence-electron chi connectivity index (χ0n) is 22.1. The number of carboxylic acids is 1. The van der Waals surface area contributed by atoms with E-state index >= 15 is 0 Å². The predicted molar refractivity (Wildman–Crippen MR) is 145 cm³/mol. The molecule has 4 aliphatic rings. The van der Waals surface area contributed by atoms with Crippen molar-refractivity contribution < 1.29 is 28.9 Å². The van der Waals surface area contributed by atoms with Crippen LogP contribution in [0.4, 0.5) is 4.39 Å². The lowest BCUT2D eigenvalue weighted by atomic mass is 9.52. The Hall–Kier alpha value is -3.71. The highest BCUT2D eigenvalue weighted by Gasteiger charge is 2.65. The normalized spacial score (nSPS) is 27.1. The maximum Gasteiger partial charge on any atom is 0.310 e. The van der Waals surface area contributed by atoms with E-state index in [1.165, 1.54) is 11.6 Å². The van der Waals surface area contributed by atoms with E-state index in [0.717, 1.165) is 36.9 Å². The van der Waals surface area contributed by atoms with Crippen LogP contribution in [0.25, 0.3) is 11.1 Å². The number of likely N-dealkylation sites (tertiary alicyclic amines) is 1. The number of likely N-dealkylation sites (N-methyl/N-ethyl adjacent to an activating group) is 1. The molecule has 39 heavy (non-hydrogen) atoms. The number of rotatable bonds is 3. The Morgan fingerprint density at radius 2 is 1.92 bits per heavy atom. The van der Waals surface area contributed by atoms with Crippen LogP contribution in [-0.4, -0.2) is 52.6 Å². The maximum atomic E-state index is 14.0. The van der Waals surface area contributed by atoms with Gasteiger partial charge in [0.05, 0.1) is 5.92 Å². The molecular weight excluding hydrogens is 497 g/mol. The van der Waals surface area contributed by atoms with Crippen LogP contribution in [0, 0.1) is 11.7 Å². The van der Waals surface area contributed by atoms with Gasteiger partial charge < -0.3 is 19.8 Å². The lowest BCUT2D eigenvalue weighted by molar-refractivity contribution is -0.139. The molecule has 3 aromatic carbocycles. The predicted octanol–water partition coefficient (Wildman–Crippen LogP) is 5.31. The third-order valence-corrected chi connectivity index (χ3v) is 9.33. The number of ketones is 1. The van der Waals surface area contributed by atoms with Crippen molar-refractivity contribution in [1.82, 2.24) is 4.90 Å². The fourth-order valence-electron chi connectivity index (χ4n) is 7.32. The second-order valence-electron chi connectivity index (χ2n) is 11.3. The van der Waals surface area contributed by atoms with E-state index in [1.807, 2.05) is 36.4 Å². The van der Waals surface area contributed by atoms with Crippen LogP contribution in [0.15, 0.2) is 60.7 Å². The second-order valence-corrected chi connectivity index (χ2v) is 11.3. The van der Waals surface area contributed by atoms with Crippen molar-refractivity contribution in [3.8, 4) is 22.6 Å². The molecule has 0 aromatic heterocycles. The van der Waals surface area contributed by atoms with Crippen LogP contribution in [0.5, 0.6) is 11.5 Å². The average molecular weight is 530 g/mol. The Balaban J connectivity index is 0.000000144. The average Bonchev–Trinajstić information content (AvgIpc) is 3.30. The maximum absolute atomic E-state index is 14.0.